The van der Waals surface area contributed by atoms with E-state index in [-0.39, 0.29) is 10.9 Å². The largest absolute Gasteiger partial charge is 0.365 e. The molecule has 20 heavy (non-hydrogen) atoms. The van der Waals surface area contributed by atoms with Crippen LogP contribution in [0.4, 0.5) is 0 Å². The molecule has 4 nitrogen and oxygen atoms in total. The van der Waals surface area contributed by atoms with Crippen molar-refractivity contribution in [2.75, 3.05) is 6.61 Å². The molecule has 0 radical (unpaired) electrons. The van der Waals surface area contributed by atoms with E-state index in [1.54, 1.807) is 25.1 Å². The fraction of sp³-hybridized carbons (Fsp3) is 0.429. The molecule has 1 amide bonds. The zero-order chi connectivity index (χ0) is 14.8. The molecule has 0 unspecified atom stereocenters. The highest BCUT2D eigenvalue weighted by atomic mass is 35.5. The number of nitrogens with zero attached hydrogens (tertiary/aromatic N) is 1. The summed E-state index contributed by atoms with van der Waals surface area (Å²) in [7, 11) is 0. The van der Waals surface area contributed by atoms with Crippen molar-refractivity contribution in [1.82, 2.24) is 5.32 Å². The lowest BCUT2D eigenvalue weighted by Gasteiger charge is -2.24. The number of rotatable bonds is 3. The summed E-state index contributed by atoms with van der Waals surface area (Å²) >= 11 is 12.0. The maximum absolute atomic E-state index is 12.2. The molecule has 0 aliphatic carbocycles. The van der Waals surface area contributed by atoms with Crippen LogP contribution in [0.2, 0.25) is 10.0 Å². The van der Waals surface area contributed by atoms with Crippen LogP contribution in [0, 0.1) is 11.3 Å². The summed E-state index contributed by atoms with van der Waals surface area (Å²) in [5.74, 6) is -0.308. The van der Waals surface area contributed by atoms with E-state index in [1.807, 2.05) is 6.07 Å². The van der Waals surface area contributed by atoms with Gasteiger partial charge in [-0.15, -0.1) is 0 Å². The first kappa shape index (κ1) is 15.1. The normalized spacial score (nSPS) is 23.1. The minimum Gasteiger partial charge on any atom is -0.365 e. The van der Waals surface area contributed by atoms with E-state index in [1.165, 1.54) is 0 Å². The third-order valence-electron chi connectivity index (χ3n) is 3.40. The first-order chi connectivity index (χ1) is 9.48. The van der Waals surface area contributed by atoms with Crippen molar-refractivity contribution in [1.29, 1.82) is 5.26 Å². The topological polar surface area (TPSA) is 62.1 Å². The van der Waals surface area contributed by atoms with Crippen LogP contribution < -0.4 is 5.32 Å². The van der Waals surface area contributed by atoms with Crippen molar-refractivity contribution >= 4 is 29.1 Å². The van der Waals surface area contributed by atoms with Crippen LogP contribution >= 0.6 is 23.2 Å². The van der Waals surface area contributed by atoms with Gasteiger partial charge in [0, 0.05) is 12.2 Å². The number of amides is 1. The maximum atomic E-state index is 12.2. The number of carbonyl (C=O) groups is 1. The summed E-state index contributed by atoms with van der Waals surface area (Å²) in [6, 6.07) is 6.16. The van der Waals surface area contributed by atoms with Gasteiger partial charge in [-0.1, -0.05) is 35.3 Å². The van der Waals surface area contributed by atoms with E-state index in [2.05, 4.69) is 5.32 Å². The number of ether oxygens (including phenoxy) is 1. The molecule has 6 heteroatoms. The second kappa shape index (κ2) is 6.01. The maximum Gasteiger partial charge on any atom is 0.253 e. The van der Waals surface area contributed by atoms with Gasteiger partial charge in [-0.05, 0) is 25.8 Å². The summed E-state index contributed by atoms with van der Waals surface area (Å²) in [5.41, 5.74) is -0.392. The van der Waals surface area contributed by atoms with Crippen LogP contribution in [0.25, 0.3) is 0 Å². The van der Waals surface area contributed by atoms with Crippen molar-refractivity contribution in [3.05, 3.63) is 33.8 Å². The Bertz CT molecular complexity index is 563. The third-order valence-corrected chi connectivity index (χ3v) is 4.23. The third kappa shape index (κ3) is 2.90. The molecular formula is C14H14Cl2N2O2. The van der Waals surface area contributed by atoms with E-state index in [0.717, 1.165) is 6.42 Å². The highest BCUT2D eigenvalue weighted by Crippen LogP contribution is 2.31. The average Bonchev–Trinajstić information content (AvgIpc) is 2.87. The molecule has 0 bridgehead atoms. The highest BCUT2D eigenvalue weighted by molar-refractivity contribution is 6.42. The Morgan fingerprint density at radius 1 is 1.55 bits per heavy atom. The Labute approximate surface area is 127 Å². The van der Waals surface area contributed by atoms with Gasteiger partial charge in [0.25, 0.3) is 5.91 Å². The quantitative estimate of drug-likeness (QED) is 0.932. The van der Waals surface area contributed by atoms with Crippen LogP contribution in [0.1, 0.15) is 31.4 Å². The van der Waals surface area contributed by atoms with Gasteiger partial charge < -0.3 is 10.1 Å². The van der Waals surface area contributed by atoms with Crippen LogP contribution in [0.15, 0.2) is 18.2 Å². The van der Waals surface area contributed by atoms with Crippen LogP contribution in [0.5, 0.6) is 0 Å². The number of halogens is 2. The lowest BCUT2D eigenvalue weighted by Crippen LogP contribution is -2.45. The van der Waals surface area contributed by atoms with E-state index in [9.17, 15) is 10.1 Å². The Morgan fingerprint density at radius 2 is 2.30 bits per heavy atom. The second-order valence-electron chi connectivity index (χ2n) is 4.86. The summed E-state index contributed by atoms with van der Waals surface area (Å²) in [6.07, 6.45) is 1.47. The first-order valence-corrected chi connectivity index (χ1v) is 7.02. The SMILES string of the molecule is C[C@]1(C(=O)N[C@@H](C#N)c2cccc(Cl)c2Cl)CCCO1. The summed E-state index contributed by atoms with van der Waals surface area (Å²) in [5, 5.41) is 12.6. The minimum absolute atomic E-state index is 0.276. The first-order valence-electron chi connectivity index (χ1n) is 6.26. The molecule has 0 aromatic heterocycles. The Morgan fingerprint density at radius 3 is 2.90 bits per heavy atom. The molecule has 2 rings (SSSR count). The lowest BCUT2D eigenvalue weighted by atomic mass is 10.0. The summed E-state index contributed by atoms with van der Waals surface area (Å²) < 4.78 is 5.46. The zero-order valence-electron chi connectivity index (χ0n) is 11.0. The molecular weight excluding hydrogens is 299 g/mol. The Kier molecular flexibility index (Phi) is 4.54. The molecule has 1 aromatic rings. The molecule has 1 aliphatic rings. The second-order valence-corrected chi connectivity index (χ2v) is 5.65. The molecule has 1 heterocycles. The molecule has 0 spiro atoms. The predicted molar refractivity (Wildman–Crippen MR) is 76.5 cm³/mol. The fourth-order valence-electron chi connectivity index (χ4n) is 2.16. The molecule has 1 aromatic carbocycles. The molecule has 1 aliphatic heterocycles. The van der Waals surface area contributed by atoms with Gasteiger partial charge in [0.2, 0.25) is 0 Å². The van der Waals surface area contributed by atoms with Gasteiger partial charge in [-0.3, -0.25) is 4.79 Å². The highest BCUT2D eigenvalue weighted by Gasteiger charge is 2.39. The van der Waals surface area contributed by atoms with Gasteiger partial charge >= 0.3 is 0 Å². The molecule has 1 saturated heterocycles. The van der Waals surface area contributed by atoms with Crippen molar-refractivity contribution in [2.24, 2.45) is 0 Å². The molecule has 106 valence electrons. The lowest BCUT2D eigenvalue weighted by molar-refractivity contribution is -0.139. The minimum atomic E-state index is -0.875. The number of benzene rings is 1. The van der Waals surface area contributed by atoms with Crippen LogP contribution in [-0.4, -0.2) is 18.1 Å². The monoisotopic (exact) mass is 312 g/mol. The van der Waals surface area contributed by atoms with E-state index in [0.29, 0.717) is 23.6 Å². The van der Waals surface area contributed by atoms with Crippen molar-refractivity contribution in [2.45, 2.75) is 31.4 Å². The van der Waals surface area contributed by atoms with Crippen LogP contribution in [0.3, 0.4) is 0 Å². The van der Waals surface area contributed by atoms with Crippen molar-refractivity contribution in [3.8, 4) is 6.07 Å². The molecule has 0 saturated carbocycles. The summed E-state index contributed by atoms with van der Waals surface area (Å²) in [6.45, 7) is 2.28. The molecule has 1 N–H and O–H groups in total. The number of carbonyl (C=O) groups excluding carboxylic acids is 1. The van der Waals surface area contributed by atoms with Gasteiger partial charge in [-0.25, -0.2) is 0 Å². The fourth-order valence-corrected chi connectivity index (χ4v) is 2.58. The Balaban J connectivity index is 2.20. The number of hydrogen-bond acceptors (Lipinski definition) is 3. The van der Waals surface area contributed by atoms with E-state index < -0.39 is 11.6 Å². The smallest absolute Gasteiger partial charge is 0.253 e. The summed E-state index contributed by atoms with van der Waals surface area (Å²) in [4.78, 5) is 12.2. The van der Waals surface area contributed by atoms with Gasteiger partial charge in [0.1, 0.15) is 11.6 Å². The van der Waals surface area contributed by atoms with E-state index >= 15 is 0 Å². The zero-order valence-corrected chi connectivity index (χ0v) is 12.5. The average molecular weight is 313 g/mol. The van der Waals surface area contributed by atoms with Gasteiger partial charge in [-0.2, -0.15) is 5.26 Å². The predicted octanol–water partition coefficient (Wildman–Crippen LogP) is 3.24. The number of nitrogens with one attached hydrogen (secondary N) is 1. The molecule has 1 fully saturated rings. The standard InChI is InChI=1S/C14H14Cl2N2O2/c1-14(6-3-7-20-14)13(19)18-11(8-17)9-4-2-5-10(15)12(9)16/h2,4-5,11H,3,6-7H2,1H3,(H,18,19)/t11-,14+/m0/s1. The van der Waals surface area contributed by atoms with Gasteiger partial charge in [0.15, 0.2) is 0 Å². The van der Waals surface area contributed by atoms with Gasteiger partial charge in [0.05, 0.1) is 16.1 Å². The molecule has 2 atom stereocenters. The Hall–Kier alpha value is -1.28. The number of hydrogen-bond donors (Lipinski definition) is 1. The van der Waals surface area contributed by atoms with E-state index in [4.69, 9.17) is 27.9 Å². The number of nitriles is 1. The van der Waals surface area contributed by atoms with Crippen LogP contribution in [-0.2, 0) is 9.53 Å². The van der Waals surface area contributed by atoms with Crippen molar-refractivity contribution in [3.63, 3.8) is 0 Å². The van der Waals surface area contributed by atoms with Crippen molar-refractivity contribution < 1.29 is 9.53 Å².